The molecule has 0 aliphatic carbocycles. The number of nitrogens with zero attached hydrogens (tertiary/aromatic N) is 4. The van der Waals surface area contributed by atoms with Gasteiger partial charge in [0.2, 0.25) is 0 Å². The van der Waals surface area contributed by atoms with E-state index in [0.717, 1.165) is 43.2 Å². The minimum atomic E-state index is -4.43. The fraction of sp³-hybridized carbons (Fsp3) is 0.412. The summed E-state index contributed by atoms with van der Waals surface area (Å²) in [5.41, 5.74) is 1.30. The number of hydrogen-bond donors (Lipinski definition) is 0. The second-order valence-corrected chi connectivity index (χ2v) is 6.51. The lowest BCUT2D eigenvalue weighted by Gasteiger charge is -2.35. The topological polar surface area (TPSA) is 32.3 Å². The van der Waals surface area contributed by atoms with E-state index in [1.54, 1.807) is 0 Å². The van der Waals surface area contributed by atoms with E-state index < -0.39 is 11.7 Å². The van der Waals surface area contributed by atoms with Crippen LogP contribution >= 0.6 is 11.6 Å². The van der Waals surface area contributed by atoms with Crippen molar-refractivity contribution >= 4 is 17.4 Å². The molecular weight excluding hydrogens is 353 g/mol. The third-order valence-electron chi connectivity index (χ3n) is 4.20. The Kier molecular flexibility index (Phi) is 5.15. The highest BCUT2D eigenvalue weighted by Gasteiger charge is 2.32. The smallest absolute Gasteiger partial charge is 0.353 e. The molecule has 25 heavy (non-hydrogen) atoms. The average Bonchev–Trinajstić information content (AvgIpc) is 2.57. The molecule has 134 valence electrons. The quantitative estimate of drug-likeness (QED) is 0.823. The Morgan fingerprint density at radius 2 is 1.80 bits per heavy atom. The molecule has 1 aliphatic heterocycles. The van der Waals surface area contributed by atoms with E-state index in [-0.39, 0.29) is 5.02 Å². The summed E-state index contributed by atoms with van der Waals surface area (Å²) in [4.78, 5) is 12.4. The number of halogens is 4. The monoisotopic (exact) mass is 370 g/mol. The summed E-state index contributed by atoms with van der Waals surface area (Å²) in [6, 6.07) is 4.98. The van der Waals surface area contributed by atoms with Crippen molar-refractivity contribution < 1.29 is 13.2 Å². The SMILES string of the molecule is Cc1ccc(CN2CCN(c3ncc(C(F)(F)F)cc3Cl)CC2)cn1. The predicted octanol–water partition coefficient (Wildman–Crippen LogP) is 3.78. The molecule has 4 nitrogen and oxygen atoms in total. The maximum absolute atomic E-state index is 12.7. The first kappa shape index (κ1) is 17.9. The zero-order valence-corrected chi connectivity index (χ0v) is 14.5. The van der Waals surface area contributed by atoms with E-state index >= 15 is 0 Å². The number of aryl methyl sites for hydroxylation is 1. The Hall–Kier alpha value is -1.86. The van der Waals surface area contributed by atoms with Crippen molar-refractivity contribution in [2.24, 2.45) is 0 Å². The molecule has 0 spiro atoms. The van der Waals surface area contributed by atoms with Gasteiger partial charge in [-0.05, 0) is 24.6 Å². The van der Waals surface area contributed by atoms with Crippen LogP contribution in [0.5, 0.6) is 0 Å². The van der Waals surface area contributed by atoms with Crippen LogP contribution in [0.25, 0.3) is 0 Å². The lowest BCUT2D eigenvalue weighted by atomic mass is 10.2. The van der Waals surface area contributed by atoms with Crippen LogP contribution in [0.2, 0.25) is 5.02 Å². The van der Waals surface area contributed by atoms with E-state index in [1.807, 2.05) is 24.1 Å². The van der Waals surface area contributed by atoms with E-state index in [9.17, 15) is 13.2 Å². The fourth-order valence-electron chi connectivity index (χ4n) is 2.79. The first-order chi connectivity index (χ1) is 11.8. The standard InChI is InChI=1S/C17H18ClF3N4/c1-12-2-3-13(9-22-12)11-24-4-6-25(7-5-24)16-15(18)8-14(10-23-16)17(19,20)21/h2-3,8-10H,4-7,11H2,1H3. The molecule has 0 radical (unpaired) electrons. The van der Waals surface area contributed by atoms with Crippen LogP contribution < -0.4 is 4.90 Å². The Labute approximate surface area is 149 Å². The molecule has 0 bridgehead atoms. The van der Waals surface area contributed by atoms with Crippen LogP contribution in [-0.4, -0.2) is 41.0 Å². The molecule has 1 saturated heterocycles. The van der Waals surface area contributed by atoms with Gasteiger partial charge in [-0.15, -0.1) is 0 Å². The summed E-state index contributed by atoms with van der Waals surface area (Å²) in [6.07, 6.45) is -1.72. The molecule has 0 atom stereocenters. The van der Waals surface area contributed by atoms with E-state index in [4.69, 9.17) is 11.6 Å². The number of anilines is 1. The molecule has 3 rings (SSSR count). The van der Waals surface area contributed by atoms with Crippen molar-refractivity contribution in [3.8, 4) is 0 Å². The number of hydrogen-bond acceptors (Lipinski definition) is 4. The molecule has 2 aromatic rings. The van der Waals surface area contributed by atoms with Gasteiger partial charge in [0.05, 0.1) is 10.6 Å². The third-order valence-corrected chi connectivity index (χ3v) is 4.48. The Morgan fingerprint density at radius 1 is 1.08 bits per heavy atom. The molecule has 1 fully saturated rings. The maximum atomic E-state index is 12.7. The van der Waals surface area contributed by atoms with Crippen molar-refractivity contribution in [1.29, 1.82) is 0 Å². The molecule has 0 aromatic carbocycles. The number of alkyl halides is 3. The molecule has 2 aromatic heterocycles. The van der Waals surface area contributed by atoms with Crippen molar-refractivity contribution in [1.82, 2.24) is 14.9 Å². The molecule has 0 unspecified atom stereocenters. The summed E-state index contributed by atoms with van der Waals surface area (Å²) >= 11 is 6.02. The fourth-order valence-corrected chi connectivity index (χ4v) is 3.07. The van der Waals surface area contributed by atoms with E-state index in [2.05, 4.69) is 20.9 Å². The molecule has 0 N–H and O–H groups in total. The van der Waals surface area contributed by atoms with Crippen LogP contribution in [0.15, 0.2) is 30.6 Å². The predicted molar refractivity (Wildman–Crippen MR) is 90.7 cm³/mol. The second kappa shape index (κ2) is 7.17. The molecule has 1 aliphatic rings. The highest BCUT2D eigenvalue weighted by molar-refractivity contribution is 6.33. The normalized spacial score (nSPS) is 16.3. The minimum Gasteiger partial charge on any atom is -0.353 e. The minimum absolute atomic E-state index is 0.0333. The first-order valence-corrected chi connectivity index (χ1v) is 8.32. The van der Waals surface area contributed by atoms with Gasteiger partial charge in [0.1, 0.15) is 5.82 Å². The van der Waals surface area contributed by atoms with Crippen molar-refractivity contribution in [3.63, 3.8) is 0 Å². The third kappa shape index (κ3) is 4.41. The van der Waals surface area contributed by atoms with Crippen molar-refractivity contribution in [2.45, 2.75) is 19.6 Å². The Bertz CT molecular complexity index is 726. The number of piperazine rings is 1. The van der Waals surface area contributed by atoms with E-state index in [1.165, 1.54) is 0 Å². The molecule has 0 saturated carbocycles. The van der Waals surface area contributed by atoms with Gasteiger partial charge in [-0.25, -0.2) is 4.98 Å². The van der Waals surface area contributed by atoms with Crippen LogP contribution in [-0.2, 0) is 12.7 Å². The summed E-state index contributed by atoms with van der Waals surface area (Å²) in [5, 5.41) is 0.0333. The summed E-state index contributed by atoms with van der Waals surface area (Å²) in [6.45, 7) is 5.65. The van der Waals surface area contributed by atoms with Gasteiger partial charge in [-0.3, -0.25) is 9.88 Å². The van der Waals surface area contributed by atoms with Crippen LogP contribution in [0.4, 0.5) is 19.0 Å². The zero-order chi connectivity index (χ0) is 18.0. The molecule has 8 heteroatoms. The van der Waals surface area contributed by atoms with Gasteiger partial charge in [-0.2, -0.15) is 13.2 Å². The van der Waals surface area contributed by atoms with Gasteiger partial charge < -0.3 is 4.90 Å². The summed E-state index contributed by atoms with van der Waals surface area (Å²) in [7, 11) is 0. The van der Waals surface area contributed by atoms with Crippen molar-refractivity contribution in [2.75, 3.05) is 31.1 Å². The van der Waals surface area contributed by atoms with E-state index in [0.29, 0.717) is 18.9 Å². The highest BCUT2D eigenvalue weighted by atomic mass is 35.5. The second-order valence-electron chi connectivity index (χ2n) is 6.10. The summed E-state index contributed by atoms with van der Waals surface area (Å²) in [5.74, 6) is 0.409. The van der Waals surface area contributed by atoms with Gasteiger partial charge in [0, 0.05) is 50.8 Å². The van der Waals surface area contributed by atoms with Gasteiger partial charge >= 0.3 is 6.18 Å². The number of pyridine rings is 2. The van der Waals surface area contributed by atoms with Crippen molar-refractivity contribution in [3.05, 3.63) is 52.4 Å². The van der Waals surface area contributed by atoms with Gasteiger partial charge in [0.15, 0.2) is 0 Å². The highest BCUT2D eigenvalue weighted by Crippen LogP contribution is 2.33. The number of rotatable bonds is 3. The van der Waals surface area contributed by atoms with Crippen LogP contribution in [0.3, 0.4) is 0 Å². The first-order valence-electron chi connectivity index (χ1n) is 7.94. The maximum Gasteiger partial charge on any atom is 0.417 e. The van der Waals surface area contributed by atoms with Crippen LogP contribution in [0.1, 0.15) is 16.8 Å². The largest absolute Gasteiger partial charge is 0.417 e. The lowest BCUT2D eigenvalue weighted by molar-refractivity contribution is -0.137. The zero-order valence-electron chi connectivity index (χ0n) is 13.7. The average molecular weight is 371 g/mol. The molecule has 0 amide bonds. The van der Waals surface area contributed by atoms with Crippen LogP contribution in [0, 0.1) is 6.92 Å². The van der Waals surface area contributed by atoms with Gasteiger partial charge in [0.25, 0.3) is 0 Å². The lowest BCUT2D eigenvalue weighted by Crippen LogP contribution is -2.46. The Morgan fingerprint density at radius 3 is 2.36 bits per heavy atom. The molecular formula is C17H18ClF3N4. The van der Waals surface area contributed by atoms with Gasteiger partial charge in [-0.1, -0.05) is 17.7 Å². The summed E-state index contributed by atoms with van der Waals surface area (Å²) < 4.78 is 38.1. The molecule has 3 heterocycles. The Balaban J connectivity index is 1.61. The number of aromatic nitrogens is 2.